The molecule has 1 atom stereocenters. The summed E-state index contributed by atoms with van der Waals surface area (Å²) in [4.78, 5) is 15.2. The number of hydrogen-bond donors (Lipinski definition) is 2. The molecule has 1 saturated heterocycles. The van der Waals surface area contributed by atoms with Crippen LogP contribution in [0.5, 0.6) is 0 Å². The summed E-state index contributed by atoms with van der Waals surface area (Å²) in [7, 11) is 0. The lowest BCUT2D eigenvalue weighted by atomic mass is 9.93. The highest BCUT2D eigenvalue weighted by atomic mass is 16.5. The van der Waals surface area contributed by atoms with Gasteiger partial charge in [-0.15, -0.1) is 0 Å². The summed E-state index contributed by atoms with van der Waals surface area (Å²) in [6, 6.07) is 3.39. The predicted molar refractivity (Wildman–Crippen MR) is 67.8 cm³/mol. The Labute approximate surface area is 106 Å². The molecule has 1 aliphatic heterocycles. The Hall–Kier alpha value is -1.62. The van der Waals surface area contributed by atoms with Gasteiger partial charge in [0.1, 0.15) is 11.4 Å². The maximum absolute atomic E-state index is 11.1. The first-order chi connectivity index (χ1) is 8.68. The van der Waals surface area contributed by atoms with Gasteiger partial charge in [-0.3, -0.25) is 0 Å². The van der Waals surface area contributed by atoms with Crippen molar-refractivity contribution in [3.8, 4) is 0 Å². The number of hydrogen-bond acceptors (Lipinski definition) is 4. The fraction of sp³-hybridized carbons (Fsp3) is 0.538. The maximum Gasteiger partial charge on any atom is 0.339 e. The lowest BCUT2D eigenvalue weighted by molar-refractivity contribution is 0.0620. The minimum atomic E-state index is -0.954. The van der Waals surface area contributed by atoms with Crippen LogP contribution in [0.1, 0.15) is 30.1 Å². The van der Waals surface area contributed by atoms with Gasteiger partial charge in [-0.2, -0.15) is 0 Å². The highest BCUT2D eigenvalue weighted by Gasteiger charge is 2.22. The Morgan fingerprint density at radius 2 is 2.28 bits per heavy atom. The zero-order chi connectivity index (χ0) is 13.0. The first-order valence-corrected chi connectivity index (χ1v) is 6.21. The summed E-state index contributed by atoms with van der Waals surface area (Å²) in [5.74, 6) is -0.00355. The molecule has 5 heteroatoms. The molecule has 0 saturated carbocycles. The second-order valence-corrected chi connectivity index (χ2v) is 4.59. The summed E-state index contributed by atoms with van der Waals surface area (Å²) in [6.45, 7) is 3.63. The molecule has 1 aliphatic rings. The van der Waals surface area contributed by atoms with Crippen LogP contribution in [0.3, 0.4) is 0 Å². The molecule has 1 fully saturated rings. The van der Waals surface area contributed by atoms with Crippen molar-refractivity contribution in [2.45, 2.75) is 25.8 Å². The van der Waals surface area contributed by atoms with E-state index < -0.39 is 5.97 Å². The van der Waals surface area contributed by atoms with Gasteiger partial charge in [0.2, 0.25) is 0 Å². The van der Waals surface area contributed by atoms with Gasteiger partial charge in [0.15, 0.2) is 0 Å². The van der Waals surface area contributed by atoms with E-state index in [9.17, 15) is 4.79 Å². The average molecular weight is 250 g/mol. The quantitative estimate of drug-likeness (QED) is 0.855. The third kappa shape index (κ3) is 2.98. The van der Waals surface area contributed by atoms with Gasteiger partial charge in [-0.1, -0.05) is 0 Å². The smallest absolute Gasteiger partial charge is 0.339 e. The molecule has 1 aromatic heterocycles. The van der Waals surface area contributed by atoms with Crippen LogP contribution in [-0.2, 0) is 4.74 Å². The summed E-state index contributed by atoms with van der Waals surface area (Å²) >= 11 is 0. The number of carboxylic acid groups (broad SMARTS) is 1. The van der Waals surface area contributed by atoms with Gasteiger partial charge in [0.25, 0.3) is 0 Å². The summed E-state index contributed by atoms with van der Waals surface area (Å²) in [6.07, 6.45) is 3.61. The number of anilines is 1. The van der Waals surface area contributed by atoms with E-state index in [0.717, 1.165) is 26.1 Å². The average Bonchev–Trinajstić information content (AvgIpc) is 2.40. The number of rotatable bonds is 4. The summed E-state index contributed by atoms with van der Waals surface area (Å²) < 4.78 is 5.32. The molecule has 0 aliphatic carbocycles. The number of nitrogens with zero attached hydrogens (tertiary/aromatic N) is 1. The lowest BCUT2D eigenvalue weighted by Gasteiger charge is -2.29. The number of nitrogens with one attached hydrogen (secondary N) is 1. The molecule has 0 bridgehead atoms. The highest BCUT2D eigenvalue weighted by Crippen LogP contribution is 2.22. The molecule has 2 heterocycles. The number of aromatic carboxylic acids is 1. The first kappa shape index (κ1) is 12.8. The SMILES string of the molecule is CC(Nc1ncccc1C(=O)O)C1CCOCC1. The maximum atomic E-state index is 11.1. The standard InChI is InChI=1S/C13H18N2O3/c1-9(10-4-7-18-8-5-10)15-12-11(13(16)17)3-2-6-14-12/h2-3,6,9-10H,4-5,7-8H2,1H3,(H,14,15)(H,16,17). The first-order valence-electron chi connectivity index (χ1n) is 6.21. The van der Waals surface area contributed by atoms with Crippen LogP contribution in [-0.4, -0.2) is 35.3 Å². The second kappa shape index (κ2) is 5.82. The molecule has 2 N–H and O–H groups in total. The largest absolute Gasteiger partial charge is 0.478 e. The minimum Gasteiger partial charge on any atom is -0.478 e. The molecule has 0 spiro atoms. The Morgan fingerprint density at radius 3 is 2.94 bits per heavy atom. The van der Waals surface area contributed by atoms with E-state index in [2.05, 4.69) is 17.2 Å². The fourth-order valence-electron chi connectivity index (χ4n) is 2.24. The molecule has 1 aromatic rings. The second-order valence-electron chi connectivity index (χ2n) is 4.59. The summed E-state index contributed by atoms with van der Waals surface area (Å²) in [5.41, 5.74) is 0.219. The number of ether oxygens (including phenoxy) is 1. The van der Waals surface area contributed by atoms with Crippen LogP contribution in [0.4, 0.5) is 5.82 Å². The van der Waals surface area contributed by atoms with E-state index in [1.165, 1.54) is 0 Å². The van der Waals surface area contributed by atoms with E-state index in [4.69, 9.17) is 9.84 Å². The van der Waals surface area contributed by atoms with Crippen molar-refractivity contribution in [2.75, 3.05) is 18.5 Å². The molecule has 2 rings (SSSR count). The van der Waals surface area contributed by atoms with Crippen LogP contribution in [0.15, 0.2) is 18.3 Å². The van der Waals surface area contributed by atoms with E-state index in [1.807, 2.05) is 0 Å². The molecule has 98 valence electrons. The molecular weight excluding hydrogens is 232 g/mol. The number of aromatic nitrogens is 1. The van der Waals surface area contributed by atoms with E-state index in [0.29, 0.717) is 11.7 Å². The van der Waals surface area contributed by atoms with E-state index >= 15 is 0 Å². The molecule has 18 heavy (non-hydrogen) atoms. The van der Waals surface area contributed by atoms with Crippen molar-refractivity contribution in [3.05, 3.63) is 23.9 Å². The van der Waals surface area contributed by atoms with Crippen LogP contribution < -0.4 is 5.32 Å². The molecule has 0 aromatic carbocycles. The van der Waals surface area contributed by atoms with Crippen molar-refractivity contribution >= 4 is 11.8 Å². The van der Waals surface area contributed by atoms with Crippen molar-refractivity contribution in [1.29, 1.82) is 0 Å². The van der Waals surface area contributed by atoms with Gasteiger partial charge in [0.05, 0.1) is 0 Å². The van der Waals surface area contributed by atoms with Crippen LogP contribution in [0.25, 0.3) is 0 Å². The summed E-state index contributed by atoms with van der Waals surface area (Å²) in [5, 5.41) is 12.3. The van der Waals surface area contributed by atoms with Gasteiger partial charge < -0.3 is 15.2 Å². The number of carbonyl (C=O) groups is 1. The van der Waals surface area contributed by atoms with Gasteiger partial charge in [-0.25, -0.2) is 9.78 Å². The Kier molecular flexibility index (Phi) is 4.15. The zero-order valence-corrected chi connectivity index (χ0v) is 10.4. The Balaban J connectivity index is 2.06. The van der Waals surface area contributed by atoms with Crippen LogP contribution >= 0.6 is 0 Å². The number of pyridine rings is 1. The van der Waals surface area contributed by atoms with Gasteiger partial charge >= 0.3 is 5.97 Å². The molecule has 1 unspecified atom stereocenters. The van der Waals surface area contributed by atoms with Gasteiger partial charge in [0, 0.05) is 25.5 Å². The third-order valence-electron chi connectivity index (χ3n) is 3.38. The molecule has 5 nitrogen and oxygen atoms in total. The van der Waals surface area contributed by atoms with Crippen molar-refractivity contribution < 1.29 is 14.6 Å². The Morgan fingerprint density at radius 1 is 1.56 bits per heavy atom. The topological polar surface area (TPSA) is 71.5 Å². The molecular formula is C13H18N2O3. The minimum absolute atomic E-state index is 0.196. The predicted octanol–water partition coefficient (Wildman–Crippen LogP) is 2.01. The van der Waals surface area contributed by atoms with Crippen LogP contribution in [0.2, 0.25) is 0 Å². The monoisotopic (exact) mass is 250 g/mol. The number of carboxylic acids is 1. The Bertz CT molecular complexity index is 416. The van der Waals surface area contributed by atoms with Crippen molar-refractivity contribution in [1.82, 2.24) is 4.98 Å². The zero-order valence-electron chi connectivity index (χ0n) is 10.4. The van der Waals surface area contributed by atoms with E-state index in [1.54, 1.807) is 18.3 Å². The highest BCUT2D eigenvalue weighted by molar-refractivity contribution is 5.93. The van der Waals surface area contributed by atoms with Crippen LogP contribution in [0, 0.1) is 5.92 Å². The van der Waals surface area contributed by atoms with E-state index in [-0.39, 0.29) is 11.6 Å². The normalized spacial score (nSPS) is 18.3. The molecule has 0 radical (unpaired) electrons. The van der Waals surface area contributed by atoms with Crippen molar-refractivity contribution in [3.63, 3.8) is 0 Å². The lowest BCUT2D eigenvalue weighted by Crippen LogP contribution is -2.31. The fourth-order valence-corrected chi connectivity index (χ4v) is 2.24. The van der Waals surface area contributed by atoms with Crippen molar-refractivity contribution in [2.24, 2.45) is 5.92 Å². The third-order valence-corrected chi connectivity index (χ3v) is 3.38. The molecule has 0 amide bonds. The van der Waals surface area contributed by atoms with Gasteiger partial charge in [-0.05, 0) is 37.8 Å².